The Hall–Kier alpha value is -4.31. The second-order valence-corrected chi connectivity index (χ2v) is 8.85. The number of nitrogens with one attached hydrogen (secondary N) is 3. The highest BCUT2D eigenvalue weighted by Crippen LogP contribution is 2.24. The van der Waals surface area contributed by atoms with E-state index in [9.17, 15) is 0 Å². The number of rotatable bonds is 0. The maximum atomic E-state index is 3.94. The molecule has 4 aromatic carbocycles. The van der Waals surface area contributed by atoms with Crippen LogP contribution in [-0.4, -0.2) is 21.7 Å². The molecule has 2 aromatic heterocycles. The van der Waals surface area contributed by atoms with E-state index < -0.39 is 0 Å². The van der Waals surface area contributed by atoms with E-state index in [4.69, 9.17) is 0 Å². The number of H-pyrrole nitrogens is 2. The molecule has 3 N–H and O–H groups in total. The van der Waals surface area contributed by atoms with E-state index in [2.05, 4.69) is 89.8 Å². The highest BCUT2D eigenvalue weighted by Gasteiger charge is 2.09. The van der Waals surface area contributed by atoms with Crippen LogP contribution in [0.3, 0.4) is 0 Å². The first kappa shape index (κ1) is 43.8. The quantitative estimate of drug-likeness (QED) is 0.157. The molecule has 0 fully saturated rings. The van der Waals surface area contributed by atoms with Crippen molar-refractivity contribution in [2.24, 2.45) is 0 Å². The van der Waals surface area contributed by atoms with Crippen LogP contribution in [0.4, 0.5) is 5.69 Å². The van der Waals surface area contributed by atoms with Gasteiger partial charge in [0.1, 0.15) is 0 Å². The number of hydrogen-bond acceptors (Lipinski definition) is 2. The Balaban J connectivity index is 0. The Bertz CT molecular complexity index is 1400. The van der Waals surface area contributed by atoms with Crippen molar-refractivity contribution in [2.45, 2.75) is 96.4 Å². The molecular formula is C42H64N4. The third-order valence-electron chi connectivity index (χ3n) is 6.28. The van der Waals surface area contributed by atoms with Crippen LogP contribution < -0.4 is 5.32 Å². The highest BCUT2D eigenvalue weighted by molar-refractivity contribution is 5.82. The van der Waals surface area contributed by atoms with Crippen molar-refractivity contribution in [1.82, 2.24) is 15.2 Å². The van der Waals surface area contributed by atoms with Gasteiger partial charge in [0.25, 0.3) is 0 Å². The molecule has 0 saturated carbocycles. The summed E-state index contributed by atoms with van der Waals surface area (Å²) in [7, 11) is 0. The Morgan fingerprint density at radius 1 is 0.500 bits per heavy atom. The average Bonchev–Trinajstić information content (AvgIpc) is 3.94. The Morgan fingerprint density at radius 3 is 1.48 bits per heavy atom. The summed E-state index contributed by atoms with van der Waals surface area (Å²) in [5, 5.41) is 12.7. The number of benzene rings is 4. The average molecular weight is 625 g/mol. The number of aryl methyl sites for hydroxylation is 3. The molecule has 1 aliphatic rings. The molecule has 0 aliphatic carbocycles. The van der Waals surface area contributed by atoms with Crippen molar-refractivity contribution >= 4 is 27.5 Å². The standard InChI is InChI=1S/C9H11N.C9H9N.C8H8N2.C6H6.5C2H6/c2*1-7-3-2-4-9-8(7)5-6-10-9;1-6-3-2-4-8-7(6)5-9-10-8;1-2-4-6-5-3-1;5*1-2/h2-4,10H,5-6H2,1H3;2-6,10H,1H3;2-5H,1H3,(H,9,10);1-6H;5*1-2H3. The second-order valence-electron chi connectivity index (χ2n) is 8.85. The first-order chi connectivity index (χ1) is 22.6. The first-order valence-corrected chi connectivity index (χ1v) is 17.4. The van der Waals surface area contributed by atoms with Crippen molar-refractivity contribution in [3.8, 4) is 0 Å². The van der Waals surface area contributed by atoms with Gasteiger partial charge in [-0.2, -0.15) is 5.10 Å². The number of hydrogen-bond donors (Lipinski definition) is 3. The van der Waals surface area contributed by atoms with E-state index in [0.717, 1.165) is 12.1 Å². The van der Waals surface area contributed by atoms with Gasteiger partial charge in [-0.05, 0) is 73.7 Å². The third-order valence-corrected chi connectivity index (χ3v) is 6.28. The van der Waals surface area contributed by atoms with E-state index in [1.165, 1.54) is 50.7 Å². The fourth-order valence-corrected chi connectivity index (χ4v) is 4.27. The molecule has 0 spiro atoms. The number of fused-ring (bicyclic) bond motifs is 3. The van der Waals surface area contributed by atoms with Crippen LogP contribution in [0, 0.1) is 20.8 Å². The van der Waals surface area contributed by atoms with Crippen LogP contribution in [0.5, 0.6) is 0 Å². The molecule has 0 amide bonds. The molecule has 0 radical (unpaired) electrons. The fourth-order valence-electron chi connectivity index (χ4n) is 4.27. The minimum atomic E-state index is 1.11. The maximum absolute atomic E-state index is 3.94. The lowest BCUT2D eigenvalue weighted by atomic mass is 10.1. The van der Waals surface area contributed by atoms with Gasteiger partial charge < -0.3 is 10.3 Å². The van der Waals surface area contributed by atoms with Gasteiger partial charge in [0.2, 0.25) is 0 Å². The Morgan fingerprint density at radius 2 is 0.978 bits per heavy atom. The zero-order valence-electron chi connectivity index (χ0n) is 31.3. The predicted octanol–water partition coefficient (Wildman–Crippen LogP) is 13.1. The van der Waals surface area contributed by atoms with Crippen LogP contribution >= 0.6 is 0 Å². The van der Waals surface area contributed by atoms with Gasteiger partial charge in [-0.3, -0.25) is 5.10 Å². The summed E-state index contributed by atoms with van der Waals surface area (Å²) in [4.78, 5) is 3.16. The van der Waals surface area contributed by atoms with Gasteiger partial charge in [0.15, 0.2) is 0 Å². The third kappa shape index (κ3) is 15.6. The van der Waals surface area contributed by atoms with Crippen LogP contribution in [-0.2, 0) is 6.42 Å². The van der Waals surface area contributed by atoms with Gasteiger partial charge >= 0.3 is 0 Å². The Kier molecular flexibility index (Phi) is 28.0. The lowest BCUT2D eigenvalue weighted by molar-refractivity contribution is 1.09. The van der Waals surface area contributed by atoms with Crippen LogP contribution in [0.25, 0.3) is 21.8 Å². The monoisotopic (exact) mass is 625 g/mol. The van der Waals surface area contributed by atoms with Gasteiger partial charge in [-0.1, -0.05) is 142 Å². The summed E-state index contributed by atoms with van der Waals surface area (Å²) >= 11 is 0. The van der Waals surface area contributed by atoms with Crippen molar-refractivity contribution in [3.05, 3.63) is 132 Å². The van der Waals surface area contributed by atoms with Gasteiger partial charge in [0.05, 0.1) is 11.7 Å². The fraction of sp³-hybridized carbons (Fsp3) is 0.357. The van der Waals surface area contributed by atoms with Crippen LogP contribution in [0.15, 0.2) is 109 Å². The van der Waals surface area contributed by atoms with E-state index in [1.54, 1.807) is 0 Å². The van der Waals surface area contributed by atoms with E-state index in [1.807, 2.05) is 130 Å². The lowest BCUT2D eigenvalue weighted by Crippen LogP contribution is -1.90. The summed E-state index contributed by atoms with van der Waals surface area (Å²) in [6.45, 7) is 27.5. The van der Waals surface area contributed by atoms with E-state index in [0.29, 0.717) is 0 Å². The number of nitrogens with zero attached hydrogens (tertiary/aromatic N) is 1. The van der Waals surface area contributed by atoms with Gasteiger partial charge in [-0.25, -0.2) is 0 Å². The molecule has 7 rings (SSSR count). The summed E-state index contributed by atoms with van der Waals surface area (Å²) in [6.07, 6.45) is 5.02. The molecule has 46 heavy (non-hydrogen) atoms. The van der Waals surface area contributed by atoms with E-state index in [-0.39, 0.29) is 0 Å². The molecule has 252 valence electrons. The smallest absolute Gasteiger partial charge is 0.0652 e. The minimum Gasteiger partial charge on any atom is -0.384 e. The van der Waals surface area contributed by atoms with Crippen LogP contribution in [0.2, 0.25) is 0 Å². The predicted molar refractivity (Wildman–Crippen MR) is 210 cm³/mol. The summed E-state index contributed by atoms with van der Waals surface area (Å²) in [5.74, 6) is 0. The molecule has 0 saturated heterocycles. The normalized spacial score (nSPS) is 9.41. The number of aromatic nitrogens is 3. The molecule has 1 aliphatic heterocycles. The highest BCUT2D eigenvalue weighted by atomic mass is 15.1. The number of aromatic amines is 2. The van der Waals surface area contributed by atoms with Crippen LogP contribution in [0.1, 0.15) is 91.5 Å². The van der Waals surface area contributed by atoms with Crippen molar-refractivity contribution < 1.29 is 0 Å². The number of anilines is 1. The minimum absolute atomic E-state index is 1.11. The summed E-state index contributed by atoms with van der Waals surface area (Å²) in [5.41, 5.74) is 9.19. The molecular weight excluding hydrogens is 560 g/mol. The first-order valence-electron chi connectivity index (χ1n) is 17.4. The van der Waals surface area contributed by atoms with Gasteiger partial charge in [0, 0.05) is 34.7 Å². The zero-order chi connectivity index (χ0) is 35.2. The van der Waals surface area contributed by atoms with Crippen molar-refractivity contribution in [1.29, 1.82) is 0 Å². The topological polar surface area (TPSA) is 56.5 Å². The molecule has 4 heteroatoms. The van der Waals surface area contributed by atoms with Crippen molar-refractivity contribution in [3.63, 3.8) is 0 Å². The molecule has 0 bridgehead atoms. The zero-order valence-corrected chi connectivity index (χ0v) is 31.3. The molecule has 4 nitrogen and oxygen atoms in total. The summed E-state index contributed by atoms with van der Waals surface area (Å²) in [6, 6.07) is 32.9. The summed E-state index contributed by atoms with van der Waals surface area (Å²) < 4.78 is 0. The van der Waals surface area contributed by atoms with E-state index >= 15 is 0 Å². The lowest BCUT2D eigenvalue weighted by Gasteiger charge is -2.00. The van der Waals surface area contributed by atoms with Crippen molar-refractivity contribution in [2.75, 3.05) is 11.9 Å². The molecule has 0 unspecified atom stereocenters. The molecule has 6 aromatic rings. The molecule has 0 atom stereocenters. The Labute approximate surface area is 282 Å². The second kappa shape index (κ2) is 29.4. The SMILES string of the molecule is CC.CC.CC.CC.CC.Cc1cccc2[nH]ccc12.Cc1cccc2[nH]ncc12.Cc1cccc2c1CCN2.c1ccccc1. The maximum Gasteiger partial charge on any atom is 0.0652 e. The largest absolute Gasteiger partial charge is 0.384 e. The van der Waals surface area contributed by atoms with Gasteiger partial charge in [-0.15, -0.1) is 0 Å². The molecule has 3 heterocycles.